The number of allylic oxidation sites excluding steroid dienone is 3. The van der Waals surface area contributed by atoms with Crippen molar-refractivity contribution in [3.8, 4) is 0 Å². The van der Waals surface area contributed by atoms with Crippen LogP contribution in [0.1, 0.15) is 5.76 Å². The molecule has 3 nitrogen and oxygen atoms in total. The summed E-state index contributed by atoms with van der Waals surface area (Å²) in [5.74, 6) is 0.755. The Morgan fingerprint density at radius 3 is 3.00 bits per heavy atom. The number of rotatable bonds is 3. The summed E-state index contributed by atoms with van der Waals surface area (Å²) in [4.78, 5) is 0. The molecule has 0 spiro atoms. The third kappa shape index (κ3) is 2.21. The van der Waals surface area contributed by atoms with Crippen molar-refractivity contribution in [3.05, 3.63) is 66.2 Å². The van der Waals surface area contributed by atoms with Gasteiger partial charge in [0.05, 0.1) is 12.3 Å². The molecular formula is C13H13NO2. The molecule has 2 rings (SSSR count). The molecular weight excluding hydrogens is 202 g/mol. The molecule has 1 atom stereocenters. The first-order valence-electron chi connectivity index (χ1n) is 5.00. The summed E-state index contributed by atoms with van der Waals surface area (Å²) in [5, 5.41) is 9.02. The Bertz CT molecular complexity index is 452. The minimum absolute atomic E-state index is 0.214. The molecule has 1 aliphatic carbocycles. The second-order valence-electron chi connectivity index (χ2n) is 3.47. The molecule has 0 saturated heterocycles. The van der Waals surface area contributed by atoms with Crippen LogP contribution < -0.4 is 5.48 Å². The molecule has 1 unspecified atom stereocenters. The van der Waals surface area contributed by atoms with E-state index in [9.17, 15) is 0 Å². The molecule has 0 saturated carbocycles. The smallest absolute Gasteiger partial charge is 0.126 e. The fraction of sp³-hybridized carbons (Fsp3) is 0.0769. The molecule has 0 bridgehead atoms. The highest BCUT2D eigenvalue weighted by Crippen LogP contribution is 2.20. The van der Waals surface area contributed by atoms with Gasteiger partial charge in [0.25, 0.3) is 0 Å². The highest BCUT2D eigenvalue weighted by atomic mass is 16.5. The molecule has 0 fully saturated rings. The number of hydrogen-bond acceptors (Lipinski definition) is 3. The second kappa shape index (κ2) is 4.79. The summed E-state index contributed by atoms with van der Waals surface area (Å²) >= 11 is 0. The first-order valence-corrected chi connectivity index (χ1v) is 5.00. The monoisotopic (exact) mass is 215 g/mol. The molecule has 1 aromatic heterocycles. The Kier molecular flexibility index (Phi) is 3.19. The molecule has 0 amide bonds. The summed E-state index contributed by atoms with van der Waals surface area (Å²) in [5.41, 5.74) is 4.17. The van der Waals surface area contributed by atoms with Gasteiger partial charge in [-0.2, -0.15) is 5.48 Å². The van der Waals surface area contributed by atoms with Gasteiger partial charge in [0, 0.05) is 0 Å². The fourth-order valence-electron chi connectivity index (χ4n) is 1.56. The molecule has 3 heteroatoms. The van der Waals surface area contributed by atoms with Crippen molar-refractivity contribution in [2.24, 2.45) is 0 Å². The van der Waals surface area contributed by atoms with Crippen LogP contribution in [0.3, 0.4) is 0 Å². The highest BCUT2D eigenvalue weighted by molar-refractivity contribution is 5.59. The molecule has 1 aromatic rings. The first-order chi connectivity index (χ1) is 7.83. The fourth-order valence-corrected chi connectivity index (χ4v) is 1.56. The van der Waals surface area contributed by atoms with Crippen LogP contribution in [0.2, 0.25) is 0 Å². The molecule has 82 valence electrons. The molecule has 0 radical (unpaired) electrons. The lowest BCUT2D eigenvalue weighted by Crippen LogP contribution is -2.26. The zero-order chi connectivity index (χ0) is 11.4. The van der Waals surface area contributed by atoms with Gasteiger partial charge in [-0.3, -0.25) is 0 Å². The van der Waals surface area contributed by atoms with Crippen molar-refractivity contribution in [3.63, 3.8) is 0 Å². The van der Waals surface area contributed by atoms with E-state index in [0.29, 0.717) is 0 Å². The lowest BCUT2D eigenvalue weighted by atomic mass is 9.97. The Labute approximate surface area is 94.0 Å². The van der Waals surface area contributed by atoms with E-state index in [1.807, 2.05) is 36.4 Å². The summed E-state index contributed by atoms with van der Waals surface area (Å²) < 4.78 is 5.23. The summed E-state index contributed by atoms with van der Waals surface area (Å²) in [6, 6.07) is 3.47. The SMILES string of the molecule is C=CC1=CC(=Cc2ccco2)C(NO)C=C1. The van der Waals surface area contributed by atoms with Crippen LogP contribution in [0.4, 0.5) is 0 Å². The van der Waals surface area contributed by atoms with E-state index in [4.69, 9.17) is 9.62 Å². The van der Waals surface area contributed by atoms with E-state index in [1.165, 1.54) is 0 Å². The highest BCUT2D eigenvalue weighted by Gasteiger charge is 2.12. The molecule has 0 aromatic carbocycles. The third-order valence-electron chi connectivity index (χ3n) is 2.40. The van der Waals surface area contributed by atoms with Gasteiger partial charge < -0.3 is 9.62 Å². The molecule has 1 heterocycles. The normalized spacial score (nSPS) is 22.2. The lowest BCUT2D eigenvalue weighted by Gasteiger charge is -2.16. The predicted octanol–water partition coefficient (Wildman–Crippen LogP) is 2.69. The van der Waals surface area contributed by atoms with Crippen molar-refractivity contribution in [2.75, 3.05) is 0 Å². The second-order valence-corrected chi connectivity index (χ2v) is 3.47. The van der Waals surface area contributed by atoms with E-state index in [0.717, 1.165) is 16.9 Å². The van der Waals surface area contributed by atoms with Gasteiger partial charge >= 0.3 is 0 Å². The number of hydroxylamine groups is 1. The maximum atomic E-state index is 9.02. The van der Waals surface area contributed by atoms with Crippen LogP contribution >= 0.6 is 0 Å². The van der Waals surface area contributed by atoms with E-state index in [2.05, 4.69) is 12.1 Å². The van der Waals surface area contributed by atoms with Gasteiger partial charge in [-0.25, -0.2) is 0 Å². The summed E-state index contributed by atoms with van der Waals surface area (Å²) in [6.07, 6.45) is 11.0. The average Bonchev–Trinajstić information content (AvgIpc) is 2.82. The third-order valence-corrected chi connectivity index (χ3v) is 2.40. The quantitative estimate of drug-likeness (QED) is 0.762. The van der Waals surface area contributed by atoms with Gasteiger partial charge in [-0.15, -0.1) is 0 Å². The Balaban J connectivity index is 2.33. The number of furan rings is 1. The minimum Gasteiger partial charge on any atom is -0.465 e. The zero-order valence-corrected chi connectivity index (χ0v) is 8.76. The van der Waals surface area contributed by atoms with Crippen molar-refractivity contribution < 1.29 is 9.62 Å². The van der Waals surface area contributed by atoms with Crippen molar-refractivity contribution >= 4 is 6.08 Å². The maximum absolute atomic E-state index is 9.02. The van der Waals surface area contributed by atoms with E-state index in [-0.39, 0.29) is 6.04 Å². The van der Waals surface area contributed by atoms with Crippen LogP contribution in [0.15, 0.2) is 64.8 Å². The number of hydrogen-bond donors (Lipinski definition) is 2. The molecule has 16 heavy (non-hydrogen) atoms. The largest absolute Gasteiger partial charge is 0.465 e. The van der Waals surface area contributed by atoms with E-state index in [1.54, 1.807) is 12.3 Å². The van der Waals surface area contributed by atoms with E-state index >= 15 is 0 Å². The topological polar surface area (TPSA) is 45.4 Å². The average molecular weight is 215 g/mol. The van der Waals surface area contributed by atoms with Crippen LogP contribution in [0.5, 0.6) is 0 Å². The van der Waals surface area contributed by atoms with Gasteiger partial charge in [-0.1, -0.05) is 24.8 Å². The summed E-state index contributed by atoms with van der Waals surface area (Å²) in [6.45, 7) is 3.71. The summed E-state index contributed by atoms with van der Waals surface area (Å²) in [7, 11) is 0. The van der Waals surface area contributed by atoms with Gasteiger partial charge in [0.2, 0.25) is 0 Å². The van der Waals surface area contributed by atoms with Crippen molar-refractivity contribution in [1.29, 1.82) is 0 Å². The Hall–Kier alpha value is -1.84. The van der Waals surface area contributed by atoms with E-state index < -0.39 is 0 Å². The maximum Gasteiger partial charge on any atom is 0.126 e. The standard InChI is InChI=1S/C13H13NO2/c1-2-10-5-6-13(14-15)11(8-10)9-12-4-3-7-16-12/h2-9,13-15H,1H2. The van der Waals surface area contributed by atoms with Crippen molar-refractivity contribution in [2.45, 2.75) is 6.04 Å². The van der Waals surface area contributed by atoms with Crippen LogP contribution in [0, 0.1) is 0 Å². The van der Waals surface area contributed by atoms with Crippen LogP contribution in [-0.2, 0) is 0 Å². The van der Waals surface area contributed by atoms with Gasteiger partial charge in [0.15, 0.2) is 0 Å². The lowest BCUT2D eigenvalue weighted by molar-refractivity contribution is 0.156. The predicted molar refractivity (Wildman–Crippen MR) is 62.8 cm³/mol. The van der Waals surface area contributed by atoms with Gasteiger partial charge in [-0.05, 0) is 35.4 Å². The Morgan fingerprint density at radius 1 is 1.50 bits per heavy atom. The zero-order valence-electron chi connectivity index (χ0n) is 8.76. The minimum atomic E-state index is -0.214. The van der Waals surface area contributed by atoms with Crippen LogP contribution in [0.25, 0.3) is 6.08 Å². The van der Waals surface area contributed by atoms with Gasteiger partial charge in [0.1, 0.15) is 5.76 Å². The molecule has 0 aliphatic heterocycles. The van der Waals surface area contributed by atoms with Crippen molar-refractivity contribution in [1.82, 2.24) is 5.48 Å². The first kappa shape index (κ1) is 10.7. The number of nitrogens with one attached hydrogen (secondary N) is 1. The molecule has 2 N–H and O–H groups in total. The molecule has 1 aliphatic rings. The Morgan fingerprint density at radius 2 is 2.38 bits per heavy atom. The van der Waals surface area contributed by atoms with Crippen LogP contribution in [-0.4, -0.2) is 11.2 Å².